The van der Waals surface area contributed by atoms with Crippen LogP contribution in [-0.4, -0.2) is 0 Å². The number of nitrogens with zero attached hydrogens (tertiary/aromatic N) is 1. The van der Waals surface area contributed by atoms with Crippen LogP contribution in [0.5, 0.6) is 0 Å². The molecule has 0 bridgehead atoms. The van der Waals surface area contributed by atoms with E-state index in [-0.39, 0.29) is 0 Å². The summed E-state index contributed by atoms with van der Waals surface area (Å²) < 4.78 is 2.62. The fraction of sp³-hybridized carbons (Fsp3) is 0.0968. The van der Waals surface area contributed by atoms with E-state index in [1.165, 1.54) is 124 Å². The second-order valence-electron chi connectivity index (χ2n) is 17.3. The first-order valence-electron chi connectivity index (χ1n) is 22.9. The molecule has 64 heavy (non-hydrogen) atoms. The molecule has 1 aliphatic rings. The van der Waals surface area contributed by atoms with E-state index in [0.29, 0.717) is 5.92 Å². The Hall–Kier alpha value is -7.26. The summed E-state index contributed by atoms with van der Waals surface area (Å²) in [6, 6.07) is 81.4. The van der Waals surface area contributed by atoms with Gasteiger partial charge in [0.1, 0.15) is 0 Å². The van der Waals surface area contributed by atoms with Crippen molar-refractivity contribution >= 4 is 70.1 Å². The van der Waals surface area contributed by atoms with Crippen LogP contribution in [-0.2, 0) is 0 Å². The van der Waals surface area contributed by atoms with Gasteiger partial charge in [-0.2, -0.15) is 0 Å². The summed E-state index contributed by atoms with van der Waals surface area (Å²) >= 11 is 1.89. The molecule has 0 atom stereocenters. The second kappa shape index (κ2) is 16.5. The summed E-state index contributed by atoms with van der Waals surface area (Å²) in [7, 11) is 0. The molecule has 0 saturated heterocycles. The zero-order valence-electron chi connectivity index (χ0n) is 35.8. The van der Waals surface area contributed by atoms with Gasteiger partial charge in [0.05, 0.1) is 17.1 Å². The van der Waals surface area contributed by atoms with Crippen LogP contribution in [0.1, 0.15) is 43.6 Å². The number of para-hydroxylation sites is 3. The van der Waals surface area contributed by atoms with Gasteiger partial charge in [0, 0.05) is 42.4 Å². The molecule has 12 rings (SSSR count). The molecule has 1 aliphatic carbocycles. The molecule has 0 amide bonds. The predicted octanol–water partition coefficient (Wildman–Crippen LogP) is 18.5. The minimum Gasteiger partial charge on any atom is -0.309 e. The van der Waals surface area contributed by atoms with Gasteiger partial charge < -0.3 is 4.90 Å². The van der Waals surface area contributed by atoms with Gasteiger partial charge in [-0.15, -0.1) is 11.3 Å². The molecule has 1 aromatic heterocycles. The van der Waals surface area contributed by atoms with Gasteiger partial charge in [-0.3, -0.25) is 0 Å². The summed E-state index contributed by atoms with van der Waals surface area (Å²) in [6.07, 6.45) is 6.44. The number of thiophene rings is 1. The third-order valence-electron chi connectivity index (χ3n) is 13.7. The minimum atomic E-state index is 0.565. The maximum absolute atomic E-state index is 2.58. The van der Waals surface area contributed by atoms with E-state index < -0.39 is 0 Å². The maximum atomic E-state index is 2.58. The van der Waals surface area contributed by atoms with Gasteiger partial charge in [-0.05, 0) is 92.4 Å². The SMILES string of the molecule is c1ccc(-c2cccc3cccc(-c4ccccc4N(c4ccccc4-c4cccc5c4sc4ccccc45)c4ccccc4-c4cccc5cccc(C6CCCCC6)c45)c23)cc1. The van der Waals surface area contributed by atoms with Crippen LogP contribution >= 0.6 is 11.3 Å². The predicted molar refractivity (Wildman–Crippen MR) is 277 cm³/mol. The van der Waals surface area contributed by atoms with E-state index in [1.807, 2.05) is 11.3 Å². The van der Waals surface area contributed by atoms with Crippen LogP contribution in [0.2, 0.25) is 0 Å². The monoisotopic (exact) mass is 837 g/mol. The standard InChI is InChI=1S/C62H47NS/c1-3-20-42(21-4-1)46-32-15-24-44-26-17-34-52(60(44)46)48-28-7-11-38-56(48)63(58-40-13-9-30-50(58)54-36-19-37-55-51-31-10-14-41-59(51)64-62(54)55)57-39-12-8-29-49(57)53-35-18-27-45-25-16-33-47(61(45)53)43-22-5-2-6-23-43/h1,3-4,7-21,24-41,43H,2,5-6,22-23H2. The highest BCUT2D eigenvalue weighted by atomic mass is 32.1. The molecule has 1 fully saturated rings. The average Bonchev–Trinajstić information content (AvgIpc) is 3.76. The fourth-order valence-electron chi connectivity index (χ4n) is 10.8. The lowest BCUT2D eigenvalue weighted by molar-refractivity contribution is 0.445. The van der Waals surface area contributed by atoms with Crippen LogP contribution in [0.3, 0.4) is 0 Å². The molecule has 0 N–H and O–H groups in total. The molecule has 1 nitrogen and oxygen atoms in total. The van der Waals surface area contributed by atoms with Crippen LogP contribution in [0.25, 0.3) is 86.2 Å². The number of rotatable bonds is 8. The van der Waals surface area contributed by atoms with Gasteiger partial charge in [0.25, 0.3) is 0 Å². The van der Waals surface area contributed by atoms with Gasteiger partial charge in [0.2, 0.25) is 0 Å². The van der Waals surface area contributed by atoms with Crippen LogP contribution in [0.4, 0.5) is 17.1 Å². The summed E-state index contributed by atoms with van der Waals surface area (Å²) in [5.41, 5.74) is 14.7. The molecule has 0 unspecified atom stereocenters. The van der Waals surface area contributed by atoms with E-state index in [0.717, 1.165) is 17.1 Å². The minimum absolute atomic E-state index is 0.565. The smallest absolute Gasteiger partial charge is 0.0541 e. The van der Waals surface area contributed by atoms with Crippen molar-refractivity contribution in [3.63, 3.8) is 0 Å². The van der Waals surface area contributed by atoms with E-state index in [4.69, 9.17) is 0 Å². The highest BCUT2D eigenvalue weighted by Crippen LogP contribution is 2.52. The molecule has 0 aliphatic heterocycles. The molecule has 10 aromatic carbocycles. The van der Waals surface area contributed by atoms with Crippen molar-refractivity contribution < 1.29 is 0 Å². The number of hydrogen-bond donors (Lipinski definition) is 0. The Kier molecular flexibility index (Phi) is 9.88. The van der Waals surface area contributed by atoms with Crippen molar-refractivity contribution in [3.8, 4) is 44.5 Å². The Bertz CT molecular complexity index is 3490. The van der Waals surface area contributed by atoms with Gasteiger partial charge in [-0.25, -0.2) is 0 Å². The molecule has 0 radical (unpaired) electrons. The van der Waals surface area contributed by atoms with Crippen molar-refractivity contribution in [3.05, 3.63) is 224 Å². The lowest BCUT2D eigenvalue weighted by Crippen LogP contribution is -2.14. The molecule has 0 spiro atoms. The zero-order chi connectivity index (χ0) is 42.4. The average molecular weight is 838 g/mol. The van der Waals surface area contributed by atoms with E-state index >= 15 is 0 Å². The number of benzene rings is 10. The molecule has 11 aromatic rings. The lowest BCUT2D eigenvalue weighted by Gasteiger charge is -2.32. The van der Waals surface area contributed by atoms with Crippen molar-refractivity contribution in [2.45, 2.75) is 38.0 Å². The van der Waals surface area contributed by atoms with Crippen molar-refractivity contribution in [2.75, 3.05) is 4.90 Å². The Morgan fingerprint density at radius 2 is 0.812 bits per heavy atom. The molecule has 1 heterocycles. The Balaban J connectivity index is 1.16. The third kappa shape index (κ3) is 6.60. The first kappa shape index (κ1) is 38.4. The summed E-state index contributed by atoms with van der Waals surface area (Å²) in [6.45, 7) is 0. The van der Waals surface area contributed by atoms with E-state index in [9.17, 15) is 0 Å². The highest BCUT2D eigenvalue weighted by Gasteiger charge is 2.27. The Labute approximate surface area is 379 Å². The normalized spacial score (nSPS) is 13.2. The van der Waals surface area contributed by atoms with Crippen molar-refractivity contribution in [1.29, 1.82) is 0 Å². The summed E-state index contributed by atoms with van der Waals surface area (Å²) in [5.74, 6) is 0.565. The Morgan fingerprint density at radius 3 is 1.48 bits per heavy atom. The number of hydrogen-bond acceptors (Lipinski definition) is 2. The summed E-state index contributed by atoms with van der Waals surface area (Å²) in [5, 5.41) is 7.79. The Morgan fingerprint density at radius 1 is 0.344 bits per heavy atom. The van der Waals surface area contributed by atoms with Crippen LogP contribution < -0.4 is 4.90 Å². The maximum Gasteiger partial charge on any atom is 0.0541 e. The largest absolute Gasteiger partial charge is 0.309 e. The van der Waals surface area contributed by atoms with Crippen LogP contribution in [0, 0.1) is 0 Å². The molecular weight excluding hydrogens is 791 g/mol. The molecule has 1 saturated carbocycles. The van der Waals surface area contributed by atoms with Gasteiger partial charge >= 0.3 is 0 Å². The first-order valence-corrected chi connectivity index (χ1v) is 23.7. The number of fused-ring (bicyclic) bond motifs is 5. The quantitative estimate of drug-likeness (QED) is 0.147. The van der Waals surface area contributed by atoms with Crippen LogP contribution in [0.15, 0.2) is 218 Å². The van der Waals surface area contributed by atoms with Gasteiger partial charge in [-0.1, -0.05) is 213 Å². The fourth-order valence-corrected chi connectivity index (χ4v) is 12.0. The van der Waals surface area contributed by atoms with E-state index in [2.05, 4.69) is 223 Å². The highest BCUT2D eigenvalue weighted by molar-refractivity contribution is 7.26. The third-order valence-corrected chi connectivity index (χ3v) is 14.9. The second-order valence-corrected chi connectivity index (χ2v) is 18.4. The molecule has 2 heteroatoms. The zero-order valence-corrected chi connectivity index (χ0v) is 36.6. The summed E-state index contributed by atoms with van der Waals surface area (Å²) in [4.78, 5) is 2.58. The topological polar surface area (TPSA) is 3.24 Å². The lowest BCUT2D eigenvalue weighted by atomic mass is 9.80. The first-order chi connectivity index (χ1) is 31.8. The number of anilines is 3. The molecular formula is C62H47NS. The van der Waals surface area contributed by atoms with Crippen molar-refractivity contribution in [2.24, 2.45) is 0 Å². The van der Waals surface area contributed by atoms with Crippen molar-refractivity contribution in [1.82, 2.24) is 0 Å². The molecule has 306 valence electrons. The van der Waals surface area contributed by atoms with E-state index in [1.54, 1.807) is 0 Å². The van der Waals surface area contributed by atoms with Gasteiger partial charge in [0.15, 0.2) is 0 Å².